The van der Waals surface area contributed by atoms with Crippen molar-refractivity contribution in [3.8, 4) is 0 Å². The van der Waals surface area contributed by atoms with E-state index < -0.39 is 9.84 Å². The van der Waals surface area contributed by atoms with Crippen LogP contribution in [0.3, 0.4) is 0 Å². The number of nitrogens with zero attached hydrogens (tertiary/aromatic N) is 1. The molecule has 0 aromatic heterocycles. The van der Waals surface area contributed by atoms with Crippen molar-refractivity contribution in [1.82, 2.24) is 4.90 Å². The molecular formula is C13H17NO3S. The molecule has 0 saturated carbocycles. The van der Waals surface area contributed by atoms with Crippen molar-refractivity contribution >= 4 is 15.7 Å². The van der Waals surface area contributed by atoms with Crippen molar-refractivity contribution in [1.29, 1.82) is 0 Å². The zero-order chi connectivity index (χ0) is 13.2. The van der Waals surface area contributed by atoms with Gasteiger partial charge in [0.25, 0.3) is 5.91 Å². The molecule has 1 saturated heterocycles. The van der Waals surface area contributed by atoms with Gasteiger partial charge in [-0.2, -0.15) is 0 Å². The van der Waals surface area contributed by atoms with E-state index in [4.69, 9.17) is 0 Å². The van der Waals surface area contributed by atoms with Crippen LogP contribution in [0.1, 0.15) is 29.6 Å². The molecule has 0 radical (unpaired) electrons. The fourth-order valence-corrected chi connectivity index (χ4v) is 2.81. The second kappa shape index (κ2) is 5.10. The summed E-state index contributed by atoms with van der Waals surface area (Å²) < 4.78 is 22.9. The van der Waals surface area contributed by atoms with Gasteiger partial charge in [0.2, 0.25) is 0 Å². The summed E-state index contributed by atoms with van der Waals surface area (Å²) in [7, 11) is -3.26. The van der Waals surface area contributed by atoms with Gasteiger partial charge in [0.05, 0.1) is 4.90 Å². The smallest absolute Gasteiger partial charge is 0.253 e. The van der Waals surface area contributed by atoms with Crippen LogP contribution in [0.15, 0.2) is 29.2 Å². The summed E-state index contributed by atoms with van der Waals surface area (Å²) in [5, 5.41) is 0. The highest BCUT2D eigenvalue weighted by Crippen LogP contribution is 2.16. The van der Waals surface area contributed by atoms with E-state index in [-0.39, 0.29) is 10.8 Å². The number of amides is 1. The fraction of sp³-hybridized carbons (Fsp3) is 0.462. The van der Waals surface area contributed by atoms with Crippen LogP contribution < -0.4 is 0 Å². The second-order valence-corrected chi connectivity index (χ2v) is 6.67. The van der Waals surface area contributed by atoms with Crippen LogP contribution in [-0.2, 0) is 9.84 Å². The van der Waals surface area contributed by atoms with Gasteiger partial charge < -0.3 is 4.90 Å². The SMILES string of the molecule is CS(=O)(=O)c1cccc(C(=O)N2CCCCC2)c1. The topological polar surface area (TPSA) is 54.5 Å². The Bertz CT molecular complexity index is 545. The van der Waals surface area contributed by atoms with Crippen LogP contribution in [0, 0.1) is 0 Å². The highest BCUT2D eigenvalue weighted by molar-refractivity contribution is 7.90. The number of piperidine rings is 1. The van der Waals surface area contributed by atoms with E-state index in [9.17, 15) is 13.2 Å². The molecule has 1 aromatic rings. The fourth-order valence-electron chi connectivity index (χ4n) is 2.14. The van der Waals surface area contributed by atoms with Gasteiger partial charge in [-0.25, -0.2) is 8.42 Å². The van der Waals surface area contributed by atoms with Gasteiger partial charge in [-0.05, 0) is 37.5 Å². The molecule has 1 aromatic carbocycles. The van der Waals surface area contributed by atoms with Crippen molar-refractivity contribution < 1.29 is 13.2 Å². The lowest BCUT2D eigenvalue weighted by molar-refractivity contribution is 0.0724. The summed E-state index contributed by atoms with van der Waals surface area (Å²) in [5.74, 6) is -0.0693. The van der Waals surface area contributed by atoms with Crippen LogP contribution >= 0.6 is 0 Å². The summed E-state index contributed by atoms with van der Waals surface area (Å²) in [6, 6.07) is 6.27. The minimum Gasteiger partial charge on any atom is -0.339 e. The summed E-state index contributed by atoms with van der Waals surface area (Å²) in [6.45, 7) is 1.53. The van der Waals surface area contributed by atoms with Crippen LogP contribution in [0.2, 0.25) is 0 Å². The number of likely N-dealkylation sites (tertiary alicyclic amines) is 1. The van der Waals surface area contributed by atoms with Crippen molar-refractivity contribution in [2.24, 2.45) is 0 Å². The van der Waals surface area contributed by atoms with E-state index in [1.54, 1.807) is 17.0 Å². The predicted molar refractivity (Wildman–Crippen MR) is 69.3 cm³/mol. The van der Waals surface area contributed by atoms with E-state index in [0.717, 1.165) is 38.6 Å². The molecule has 0 bridgehead atoms. The summed E-state index contributed by atoms with van der Waals surface area (Å²) in [4.78, 5) is 14.2. The molecule has 0 unspecified atom stereocenters. The Kier molecular flexibility index (Phi) is 3.71. The Balaban J connectivity index is 2.25. The molecule has 0 aliphatic carbocycles. The number of carbonyl (C=O) groups excluding carboxylic acids is 1. The first-order valence-corrected chi connectivity index (χ1v) is 7.97. The second-order valence-electron chi connectivity index (χ2n) is 4.65. The van der Waals surface area contributed by atoms with Crippen LogP contribution in [-0.4, -0.2) is 38.6 Å². The molecule has 5 heteroatoms. The molecule has 0 atom stereocenters. The van der Waals surface area contributed by atoms with Crippen LogP contribution in [0.25, 0.3) is 0 Å². The number of benzene rings is 1. The quantitative estimate of drug-likeness (QED) is 0.819. The van der Waals surface area contributed by atoms with Gasteiger partial charge in [-0.15, -0.1) is 0 Å². The lowest BCUT2D eigenvalue weighted by Crippen LogP contribution is -2.35. The third-order valence-electron chi connectivity index (χ3n) is 3.15. The van der Waals surface area contributed by atoms with Gasteiger partial charge in [-0.1, -0.05) is 6.07 Å². The molecule has 1 heterocycles. The maximum atomic E-state index is 12.2. The molecule has 0 spiro atoms. The third kappa shape index (κ3) is 2.90. The monoisotopic (exact) mass is 267 g/mol. The number of rotatable bonds is 2. The van der Waals surface area contributed by atoms with Gasteiger partial charge in [0, 0.05) is 24.9 Å². The maximum Gasteiger partial charge on any atom is 0.253 e. The normalized spacial score (nSPS) is 16.6. The Morgan fingerprint density at radius 3 is 2.44 bits per heavy atom. The molecule has 0 N–H and O–H groups in total. The van der Waals surface area contributed by atoms with Crippen LogP contribution in [0.4, 0.5) is 0 Å². The van der Waals surface area contributed by atoms with Crippen molar-refractivity contribution in [2.75, 3.05) is 19.3 Å². The van der Waals surface area contributed by atoms with E-state index in [0.29, 0.717) is 5.56 Å². The third-order valence-corrected chi connectivity index (χ3v) is 4.26. The highest BCUT2D eigenvalue weighted by atomic mass is 32.2. The van der Waals surface area contributed by atoms with Crippen LogP contribution in [0.5, 0.6) is 0 Å². The number of hydrogen-bond donors (Lipinski definition) is 0. The Labute approximate surface area is 108 Å². The molecule has 18 heavy (non-hydrogen) atoms. The molecule has 1 amide bonds. The van der Waals surface area contributed by atoms with Crippen molar-refractivity contribution in [2.45, 2.75) is 24.2 Å². The molecule has 1 aliphatic heterocycles. The highest BCUT2D eigenvalue weighted by Gasteiger charge is 2.19. The molecular weight excluding hydrogens is 250 g/mol. The minimum atomic E-state index is -3.26. The van der Waals surface area contributed by atoms with E-state index in [1.165, 1.54) is 12.1 Å². The lowest BCUT2D eigenvalue weighted by Gasteiger charge is -2.26. The molecule has 1 aliphatic rings. The van der Waals surface area contributed by atoms with Crippen molar-refractivity contribution in [3.63, 3.8) is 0 Å². The van der Waals surface area contributed by atoms with Gasteiger partial charge in [-0.3, -0.25) is 4.79 Å². The number of carbonyl (C=O) groups is 1. The average Bonchev–Trinajstić information content (AvgIpc) is 2.38. The van der Waals surface area contributed by atoms with E-state index >= 15 is 0 Å². The van der Waals surface area contributed by atoms with Gasteiger partial charge >= 0.3 is 0 Å². The summed E-state index contributed by atoms with van der Waals surface area (Å²) >= 11 is 0. The summed E-state index contributed by atoms with van der Waals surface area (Å²) in [5.41, 5.74) is 0.458. The molecule has 4 nitrogen and oxygen atoms in total. The first kappa shape index (κ1) is 13.1. The lowest BCUT2D eigenvalue weighted by atomic mass is 10.1. The van der Waals surface area contributed by atoms with E-state index in [1.807, 2.05) is 0 Å². The summed E-state index contributed by atoms with van der Waals surface area (Å²) in [6.07, 6.45) is 4.36. The maximum absolute atomic E-state index is 12.2. The van der Waals surface area contributed by atoms with Gasteiger partial charge in [0.1, 0.15) is 0 Å². The number of sulfone groups is 1. The standard InChI is InChI=1S/C13H17NO3S/c1-18(16,17)12-7-5-6-11(10-12)13(15)14-8-3-2-4-9-14/h5-7,10H,2-4,8-9H2,1H3. The Hall–Kier alpha value is -1.36. The first-order chi connectivity index (χ1) is 8.48. The van der Waals surface area contributed by atoms with Gasteiger partial charge in [0.15, 0.2) is 9.84 Å². The number of hydrogen-bond acceptors (Lipinski definition) is 3. The molecule has 1 fully saturated rings. The van der Waals surface area contributed by atoms with Crippen molar-refractivity contribution in [3.05, 3.63) is 29.8 Å². The molecule has 98 valence electrons. The predicted octanol–water partition coefficient (Wildman–Crippen LogP) is 1.72. The zero-order valence-corrected chi connectivity index (χ0v) is 11.2. The largest absolute Gasteiger partial charge is 0.339 e. The Morgan fingerprint density at radius 2 is 1.83 bits per heavy atom. The average molecular weight is 267 g/mol. The molecule has 2 rings (SSSR count). The zero-order valence-electron chi connectivity index (χ0n) is 10.4. The Morgan fingerprint density at radius 1 is 1.17 bits per heavy atom. The van der Waals surface area contributed by atoms with E-state index in [2.05, 4.69) is 0 Å². The first-order valence-electron chi connectivity index (χ1n) is 6.08. The minimum absolute atomic E-state index is 0.0693.